The summed E-state index contributed by atoms with van der Waals surface area (Å²) in [6, 6.07) is 20.2. The molecule has 1 N–H and O–H groups in total. The summed E-state index contributed by atoms with van der Waals surface area (Å²) in [5.74, 6) is 0.158. The molecule has 7 nitrogen and oxygen atoms in total. The predicted molar refractivity (Wildman–Crippen MR) is 147 cm³/mol. The fourth-order valence-electron chi connectivity index (χ4n) is 4.39. The number of Topliss-reactive ketones (excluding diaryl/α,β-unsaturated/α-hetero) is 1. The number of ether oxygens (including phenoxy) is 3. The molecule has 0 saturated carbocycles. The molecule has 1 fully saturated rings. The van der Waals surface area contributed by atoms with E-state index in [9.17, 15) is 14.7 Å². The zero-order chi connectivity index (χ0) is 27.2. The van der Waals surface area contributed by atoms with Crippen molar-refractivity contribution in [2.45, 2.75) is 46.3 Å². The molecule has 0 radical (unpaired) electrons. The van der Waals surface area contributed by atoms with Gasteiger partial charge in [0.2, 0.25) is 0 Å². The molecule has 0 aromatic heterocycles. The summed E-state index contributed by atoms with van der Waals surface area (Å²) in [7, 11) is 0. The largest absolute Gasteiger partial charge is 0.507 e. The van der Waals surface area contributed by atoms with Gasteiger partial charge in [0.1, 0.15) is 23.0 Å². The van der Waals surface area contributed by atoms with Crippen molar-refractivity contribution in [2.24, 2.45) is 0 Å². The van der Waals surface area contributed by atoms with Gasteiger partial charge in [-0.3, -0.25) is 14.5 Å². The monoisotopic (exact) mass is 515 g/mol. The van der Waals surface area contributed by atoms with Crippen molar-refractivity contribution in [3.8, 4) is 17.2 Å². The first kappa shape index (κ1) is 26.8. The molecule has 4 rings (SSSR count). The van der Waals surface area contributed by atoms with E-state index in [0.717, 1.165) is 6.42 Å². The molecule has 38 heavy (non-hydrogen) atoms. The number of hydrogen-bond acceptors (Lipinski definition) is 6. The van der Waals surface area contributed by atoms with Gasteiger partial charge >= 0.3 is 0 Å². The predicted octanol–water partition coefficient (Wildman–Crippen LogP) is 6.29. The number of rotatable bonds is 10. The van der Waals surface area contributed by atoms with Gasteiger partial charge in [-0.05, 0) is 81.3 Å². The van der Waals surface area contributed by atoms with Gasteiger partial charge in [0.15, 0.2) is 0 Å². The molecule has 1 unspecified atom stereocenters. The van der Waals surface area contributed by atoms with E-state index in [1.165, 1.54) is 4.90 Å². The van der Waals surface area contributed by atoms with Crippen molar-refractivity contribution in [1.82, 2.24) is 0 Å². The van der Waals surface area contributed by atoms with E-state index >= 15 is 0 Å². The number of amides is 1. The van der Waals surface area contributed by atoms with Crippen LogP contribution < -0.4 is 19.1 Å². The van der Waals surface area contributed by atoms with Crippen LogP contribution in [0.3, 0.4) is 0 Å². The Bertz CT molecular complexity index is 1310. The molecule has 198 valence electrons. The Morgan fingerprint density at radius 2 is 1.58 bits per heavy atom. The number of carbonyl (C=O) groups is 2. The van der Waals surface area contributed by atoms with Crippen molar-refractivity contribution in [3.05, 3.63) is 89.5 Å². The Kier molecular flexibility index (Phi) is 8.36. The number of carbonyl (C=O) groups excluding carboxylic acids is 2. The zero-order valence-electron chi connectivity index (χ0n) is 22.1. The summed E-state index contributed by atoms with van der Waals surface area (Å²) in [6.07, 6.45) is 0.831. The van der Waals surface area contributed by atoms with E-state index in [1.807, 2.05) is 39.8 Å². The highest BCUT2D eigenvalue weighted by Crippen LogP contribution is 2.43. The molecule has 1 aliphatic rings. The molecule has 3 aromatic carbocycles. The van der Waals surface area contributed by atoms with Crippen LogP contribution in [0.25, 0.3) is 5.76 Å². The Morgan fingerprint density at radius 1 is 0.895 bits per heavy atom. The maximum Gasteiger partial charge on any atom is 0.300 e. The number of aliphatic hydroxyl groups is 1. The van der Waals surface area contributed by atoms with E-state index in [4.69, 9.17) is 14.2 Å². The summed E-state index contributed by atoms with van der Waals surface area (Å²) in [5.41, 5.74) is 1.58. The molecule has 0 spiro atoms. The molecule has 1 aliphatic heterocycles. The lowest BCUT2D eigenvalue weighted by Gasteiger charge is -2.26. The van der Waals surface area contributed by atoms with Gasteiger partial charge in [0.25, 0.3) is 11.7 Å². The Hall–Kier alpha value is -4.26. The summed E-state index contributed by atoms with van der Waals surface area (Å²) < 4.78 is 17.0. The number of anilines is 1. The lowest BCUT2D eigenvalue weighted by atomic mass is 9.95. The van der Waals surface area contributed by atoms with Crippen LogP contribution in [0.4, 0.5) is 5.69 Å². The van der Waals surface area contributed by atoms with Crippen molar-refractivity contribution >= 4 is 23.1 Å². The molecule has 1 heterocycles. The van der Waals surface area contributed by atoms with Gasteiger partial charge in [-0.1, -0.05) is 31.2 Å². The minimum atomic E-state index is -0.846. The average Bonchev–Trinajstić information content (AvgIpc) is 3.18. The van der Waals surface area contributed by atoms with Gasteiger partial charge in [0.05, 0.1) is 30.9 Å². The normalized spacial score (nSPS) is 16.7. The standard InChI is InChI=1S/C31H33NO6/c1-5-18-37-26-9-7-8-22(19-26)29(33)27-28(21-10-14-25(15-11-21)38-20(3)4)32(31(35)30(27)34)23-12-16-24(17-13-23)36-6-2/h7-17,19-20,28,33H,5-6,18H2,1-4H3/b29-27-. The third-order valence-electron chi connectivity index (χ3n) is 6.02. The highest BCUT2D eigenvalue weighted by Gasteiger charge is 2.47. The van der Waals surface area contributed by atoms with Crippen molar-refractivity contribution in [3.63, 3.8) is 0 Å². The average molecular weight is 516 g/mol. The molecular weight excluding hydrogens is 482 g/mol. The lowest BCUT2D eigenvalue weighted by molar-refractivity contribution is -0.132. The van der Waals surface area contributed by atoms with Crippen LogP contribution in [0.5, 0.6) is 17.2 Å². The molecule has 1 amide bonds. The second-order valence-electron chi connectivity index (χ2n) is 9.21. The highest BCUT2D eigenvalue weighted by atomic mass is 16.5. The van der Waals surface area contributed by atoms with Crippen LogP contribution in [-0.4, -0.2) is 36.1 Å². The van der Waals surface area contributed by atoms with Gasteiger partial charge < -0.3 is 19.3 Å². The third kappa shape index (κ3) is 5.67. The molecule has 1 saturated heterocycles. The van der Waals surface area contributed by atoms with Crippen LogP contribution >= 0.6 is 0 Å². The van der Waals surface area contributed by atoms with Gasteiger partial charge in [-0.15, -0.1) is 0 Å². The summed E-state index contributed by atoms with van der Waals surface area (Å²) >= 11 is 0. The Morgan fingerprint density at radius 3 is 2.21 bits per heavy atom. The van der Waals surface area contributed by atoms with Gasteiger partial charge in [0, 0.05) is 11.3 Å². The fourth-order valence-corrected chi connectivity index (χ4v) is 4.39. The summed E-state index contributed by atoms with van der Waals surface area (Å²) in [4.78, 5) is 28.3. The van der Waals surface area contributed by atoms with E-state index in [2.05, 4.69) is 0 Å². The van der Waals surface area contributed by atoms with E-state index in [-0.39, 0.29) is 17.4 Å². The topological polar surface area (TPSA) is 85.3 Å². The second kappa shape index (κ2) is 11.9. The minimum Gasteiger partial charge on any atom is -0.507 e. The fraction of sp³-hybridized carbons (Fsp3) is 0.290. The molecule has 0 bridgehead atoms. The Labute approximate surface area is 223 Å². The smallest absolute Gasteiger partial charge is 0.300 e. The molecule has 7 heteroatoms. The summed E-state index contributed by atoms with van der Waals surface area (Å²) in [5, 5.41) is 11.4. The molecule has 1 atom stereocenters. The highest BCUT2D eigenvalue weighted by molar-refractivity contribution is 6.51. The van der Waals surface area contributed by atoms with E-state index in [0.29, 0.717) is 47.3 Å². The first-order valence-electron chi connectivity index (χ1n) is 12.9. The molecule has 3 aromatic rings. The van der Waals surface area contributed by atoms with Crippen LogP contribution in [0.2, 0.25) is 0 Å². The van der Waals surface area contributed by atoms with Crippen LogP contribution in [0.1, 0.15) is 51.3 Å². The maximum atomic E-state index is 13.4. The third-order valence-corrected chi connectivity index (χ3v) is 6.02. The maximum absolute atomic E-state index is 13.4. The quantitative estimate of drug-likeness (QED) is 0.194. The second-order valence-corrected chi connectivity index (χ2v) is 9.21. The minimum absolute atomic E-state index is 0.00227. The molecular formula is C31H33NO6. The summed E-state index contributed by atoms with van der Waals surface area (Å²) in [6.45, 7) is 8.80. The van der Waals surface area contributed by atoms with Crippen molar-refractivity contribution in [2.75, 3.05) is 18.1 Å². The first-order valence-corrected chi connectivity index (χ1v) is 12.9. The van der Waals surface area contributed by atoms with Crippen LogP contribution in [-0.2, 0) is 9.59 Å². The number of hydrogen-bond donors (Lipinski definition) is 1. The van der Waals surface area contributed by atoms with Crippen molar-refractivity contribution in [1.29, 1.82) is 0 Å². The van der Waals surface area contributed by atoms with E-state index < -0.39 is 17.7 Å². The van der Waals surface area contributed by atoms with Crippen LogP contribution in [0, 0.1) is 0 Å². The zero-order valence-corrected chi connectivity index (χ0v) is 22.1. The lowest BCUT2D eigenvalue weighted by Crippen LogP contribution is -2.29. The number of nitrogens with zero attached hydrogens (tertiary/aromatic N) is 1. The van der Waals surface area contributed by atoms with Crippen LogP contribution in [0.15, 0.2) is 78.4 Å². The Balaban J connectivity index is 1.83. The SMILES string of the molecule is CCCOc1cccc(/C(O)=C2/C(=O)C(=O)N(c3ccc(OCC)cc3)C2c2ccc(OC(C)C)cc2)c1. The van der Waals surface area contributed by atoms with Crippen molar-refractivity contribution < 1.29 is 28.9 Å². The van der Waals surface area contributed by atoms with Gasteiger partial charge in [-0.2, -0.15) is 0 Å². The first-order chi connectivity index (χ1) is 18.3. The number of benzene rings is 3. The van der Waals surface area contributed by atoms with E-state index in [1.54, 1.807) is 60.7 Å². The number of aliphatic hydroxyl groups excluding tert-OH is 1. The van der Waals surface area contributed by atoms with Gasteiger partial charge in [-0.25, -0.2) is 0 Å². The number of ketones is 1. The molecule has 0 aliphatic carbocycles.